The first-order valence-electron chi connectivity index (χ1n) is 6.43. The Bertz CT molecular complexity index is 382. The third-order valence-electron chi connectivity index (χ3n) is 2.49. The van der Waals surface area contributed by atoms with Crippen LogP contribution in [0.15, 0.2) is 18.2 Å². The number of rotatable bonds is 7. The Morgan fingerprint density at radius 2 is 1.58 bits per heavy atom. The van der Waals surface area contributed by atoms with E-state index >= 15 is 0 Å². The standard InChI is InChI=1S/C14H24O4Si/c1-11(2)10-17-19(5,6)18-14-12(15-3)8-7-9-13(14)16-4/h7-9,11H,10H2,1-6H3. The number of ether oxygens (including phenoxy) is 2. The van der Waals surface area contributed by atoms with Crippen molar-refractivity contribution in [2.75, 3.05) is 20.8 Å². The topological polar surface area (TPSA) is 36.9 Å². The second-order valence-electron chi connectivity index (χ2n) is 5.20. The molecule has 0 saturated carbocycles. The fraction of sp³-hybridized carbons (Fsp3) is 0.571. The summed E-state index contributed by atoms with van der Waals surface area (Å²) in [6, 6.07) is 5.57. The van der Waals surface area contributed by atoms with Crippen LogP contribution in [0.3, 0.4) is 0 Å². The Morgan fingerprint density at radius 1 is 1.05 bits per heavy atom. The van der Waals surface area contributed by atoms with Crippen molar-refractivity contribution in [3.8, 4) is 17.2 Å². The summed E-state index contributed by atoms with van der Waals surface area (Å²) in [6.45, 7) is 8.96. The van der Waals surface area contributed by atoms with Gasteiger partial charge in [0.2, 0.25) is 0 Å². The minimum atomic E-state index is -2.26. The first-order chi connectivity index (χ1) is 8.89. The van der Waals surface area contributed by atoms with Crippen molar-refractivity contribution in [2.45, 2.75) is 26.9 Å². The average Bonchev–Trinajstić information content (AvgIpc) is 2.36. The van der Waals surface area contributed by atoms with Crippen molar-refractivity contribution < 1.29 is 18.3 Å². The number of hydrogen-bond acceptors (Lipinski definition) is 4. The van der Waals surface area contributed by atoms with Crippen LogP contribution in [-0.2, 0) is 4.43 Å². The van der Waals surface area contributed by atoms with Crippen molar-refractivity contribution in [3.05, 3.63) is 18.2 Å². The Hall–Kier alpha value is -1.20. The van der Waals surface area contributed by atoms with E-state index in [-0.39, 0.29) is 0 Å². The van der Waals surface area contributed by atoms with Crippen molar-refractivity contribution in [1.82, 2.24) is 0 Å². The second-order valence-corrected chi connectivity index (χ2v) is 8.49. The average molecular weight is 284 g/mol. The van der Waals surface area contributed by atoms with Gasteiger partial charge < -0.3 is 18.3 Å². The fourth-order valence-corrected chi connectivity index (χ4v) is 3.05. The van der Waals surface area contributed by atoms with Crippen molar-refractivity contribution in [1.29, 1.82) is 0 Å². The predicted octanol–water partition coefficient (Wildman–Crippen LogP) is 3.46. The lowest BCUT2D eigenvalue weighted by molar-refractivity contribution is 0.211. The molecule has 0 atom stereocenters. The van der Waals surface area contributed by atoms with Gasteiger partial charge in [0.15, 0.2) is 17.2 Å². The maximum Gasteiger partial charge on any atom is 0.392 e. The quantitative estimate of drug-likeness (QED) is 0.719. The zero-order valence-electron chi connectivity index (χ0n) is 12.6. The lowest BCUT2D eigenvalue weighted by atomic mass is 10.2. The molecule has 0 amide bonds. The molecule has 0 saturated heterocycles. The van der Waals surface area contributed by atoms with Crippen LogP contribution in [0.1, 0.15) is 13.8 Å². The highest BCUT2D eigenvalue weighted by Crippen LogP contribution is 2.38. The van der Waals surface area contributed by atoms with E-state index in [1.54, 1.807) is 14.2 Å². The maximum atomic E-state index is 6.06. The first kappa shape index (κ1) is 15.9. The van der Waals surface area contributed by atoms with Gasteiger partial charge in [0.1, 0.15) is 0 Å². The van der Waals surface area contributed by atoms with E-state index in [4.69, 9.17) is 18.3 Å². The van der Waals surface area contributed by atoms with Crippen molar-refractivity contribution in [2.24, 2.45) is 5.92 Å². The Balaban J connectivity index is 2.90. The summed E-state index contributed by atoms with van der Waals surface area (Å²) < 4.78 is 22.6. The second kappa shape index (κ2) is 6.82. The summed E-state index contributed by atoms with van der Waals surface area (Å²) in [4.78, 5) is 0. The van der Waals surface area contributed by atoms with Gasteiger partial charge >= 0.3 is 8.56 Å². The smallest absolute Gasteiger partial charge is 0.392 e. The molecule has 0 heterocycles. The molecule has 0 aliphatic rings. The van der Waals surface area contributed by atoms with E-state index in [1.165, 1.54) is 0 Å². The molecule has 1 aromatic carbocycles. The number of benzene rings is 1. The lowest BCUT2D eigenvalue weighted by Gasteiger charge is -2.26. The van der Waals surface area contributed by atoms with Gasteiger partial charge in [-0.15, -0.1) is 0 Å². The molecular weight excluding hydrogens is 260 g/mol. The molecule has 4 nitrogen and oxygen atoms in total. The normalized spacial score (nSPS) is 11.5. The van der Waals surface area contributed by atoms with Gasteiger partial charge in [0.25, 0.3) is 0 Å². The van der Waals surface area contributed by atoms with Crippen molar-refractivity contribution >= 4 is 8.56 Å². The van der Waals surface area contributed by atoms with E-state index in [0.29, 0.717) is 29.8 Å². The first-order valence-corrected chi connectivity index (χ1v) is 9.25. The molecular formula is C14H24O4Si. The van der Waals surface area contributed by atoms with Gasteiger partial charge in [-0.3, -0.25) is 0 Å². The van der Waals surface area contributed by atoms with Crippen LogP contribution in [0.5, 0.6) is 17.2 Å². The Morgan fingerprint density at radius 3 is 2.00 bits per heavy atom. The van der Waals surface area contributed by atoms with Crippen LogP contribution in [0, 0.1) is 5.92 Å². The lowest BCUT2D eigenvalue weighted by Crippen LogP contribution is -2.39. The molecule has 5 heteroatoms. The molecule has 0 aliphatic carbocycles. The van der Waals surface area contributed by atoms with Crippen LogP contribution in [0.2, 0.25) is 13.1 Å². The summed E-state index contributed by atoms with van der Waals surface area (Å²) in [5.41, 5.74) is 0. The molecule has 0 unspecified atom stereocenters. The van der Waals surface area contributed by atoms with Crippen molar-refractivity contribution in [3.63, 3.8) is 0 Å². The van der Waals surface area contributed by atoms with Gasteiger partial charge in [-0.05, 0) is 31.1 Å². The Kier molecular flexibility index (Phi) is 5.69. The molecule has 0 N–H and O–H groups in total. The molecule has 0 radical (unpaired) electrons. The molecule has 1 rings (SSSR count). The van der Waals surface area contributed by atoms with E-state index in [2.05, 4.69) is 13.8 Å². The SMILES string of the molecule is COc1cccc(OC)c1O[Si](C)(C)OCC(C)C. The van der Waals surface area contributed by atoms with Crippen LogP contribution >= 0.6 is 0 Å². The summed E-state index contributed by atoms with van der Waals surface area (Å²) in [7, 11) is 0.970. The predicted molar refractivity (Wildman–Crippen MR) is 78.4 cm³/mol. The fourth-order valence-electron chi connectivity index (χ4n) is 1.56. The summed E-state index contributed by atoms with van der Waals surface area (Å²) in [5.74, 6) is 2.42. The zero-order chi connectivity index (χ0) is 14.5. The molecule has 0 aromatic heterocycles. The third kappa shape index (κ3) is 4.76. The third-order valence-corrected chi connectivity index (χ3v) is 4.05. The minimum absolute atomic E-state index is 0.481. The largest absolute Gasteiger partial charge is 0.515 e. The molecule has 0 spiro atoms. The van der Waals surface area contributed by atoms with Gasteiger partial charge in [0, 0.05) is 6.61 Å². The van der Waals surface area contributed by atoms with E-state index < -0.39 is 8.56 Å². The molecule has 0 fully saturated rings. The highest BCUT2D eigenvalue weighted by Gasteiger charge is 2.30. The van der Waals surface area contributed by atoms with Crippen LogP contribution in [0.25, 0.3) is 0 Å². The van der Waals surface area contributed by atoms with E-state index in [1.807, 2.05) is 31.3 Å². The molecule has 19 heavy (non-hydrogen) atoms. The van der Waals surface area contributed by atoms with Gasteiger partial charge in [-0.25, -0.2) is 0 Å². The van der Waals surface area contributed by atoms with E-state index in [9.17, 15) is 0 Å². The highest BCUT2D eigenvalue weighted by atomic mass is 28.4. The minimum Gasteiger partial charge on any atom is -0.515 e. The highest BCUT2D eigenvalue weighted by molar-refractivity contribution is 6.65. The van der Waals surface area contributed by atoms with Crippen LogP contribution in [0.4, 0.5) is 0 Å². The molecule has 0 bridgehead atoms. The van der Waals surface area contributed by atoms with E-state index in [0.717, 1.165) is 0 Å². The number of para-hydroxylation sites is 1. The Labute approximate surface area is 116 Å². The number of hydrogen-bond donors (Lipinski definition) is 0. The van der Waals surface area contributed by atoms with Gasteiger partial charge in [-0.1, -0.05) is 19.9 Å². The summed E-state index contributed by atoms with van der Waals surface area (Å²) >= 11 is 0. The number of methoxy groups -OCH3 is 2. The summed E-state index contributed by atoms with van der Waals surface area (Å²) in [6.07, 6.45) is 0. The summed E-state index contributed by atoms with van der Waals surface area (Å²) in [5, 5.41) is 0. The zero-order valence-corrected chi connectivity index (χ0v) is 13.6. The molecule has 0 aliphatic heterocycles. The maximum absolute atomic E-state index is 6.06. The van der Waals surface area contributed by atoms with Crippen LogP contribution < -0.4 is 13.9 Å². The molecule has 108 valence electrons. The van der Waals surface area contributed by atoms with Gasteiger partial charge in [0.05, 0.1) is 14.2 Å². The van der Waals surface area contributed by atoms with Crippen LogP contribution in [-0.4, -0.2) is 29.4 Å². The van der Waals surface area contributed by atoms with Gasteiger partial charge in [-0.2, -0.15) is 0 Å². The monoisotopic (exact) mass is 284 g/mol. The molecule has 1 aromatic rings.